The molecule has 0 radical (unpaired) electrons. The smallest absolute Gasteiger partial charge is 0.128 e. The molecule has 0 spiro atoms. The summed E-state index contributed by atoms with van der Waals surface area (Å²) < 4.78 is 11.3. The third-order valence-electron chi connectivity index (χ3n) is 3.54. The van der Waals surface area contributed by atoms with Crippen molar-refractivity contribution in [2.75, 3.05) is 7.11 Å². The molecule has 0 aromatic heterocycles. The van der Waals surface area contributed by atoms with Crippen LogP contribution in [0.15, 0.2) is 18.2 Å². The van der Waals surface area contributed by atoms with Crippen LogP contribution in [-0.2, 0) is 6.61 Å². The number of aliphatic hydroxyl groups is 1. The number of aliphatic hydroxyl groups excluding tert-OH is 1. The van der Waals surface area contributed by atoms with Gasteiger partial charge in [0.05, 0.1) is 19.8 Å². The average molecular weight is 250 g/mol. The number of rotatable bonds is 4. The molecule has 3 nitrogen and oxygen atoms in total. The first-order valence-electron chi connectivity index (χ1n) is 6.78. The van der Waals surface area contributed by atoms with Crippen LogP contribution in [-0.4, -0.2) is 18.3 Å². The van der Waals surface area contributed by atoms with E-state index >= 15 is 0 Å². The highest BCUT2D eigenvalue weighted by Gasteiger charge is 2.15. The van der Waals surface area contributed by atoms with Gasteiger partial charge in [-0.3, -0.25) is 0 Å². The van der Waals surface area contributed by atoms with Gasteiger partial charge in [0.2, 0.25) is 0 Å². The molecule has 0 unspecified atom stereocenters. The van der Waals surface area contributed by atoms with E-state index < -0.39 is 0 Å². The van der Waals surface area contributed by atoms with Gasteiger partial charge in [-0.25, -0.2) is 0 Å². The minimum absolute atomic E-state index is 0.00600. The lowest BCUT2D eigenvalue weighted by Crippen LogP contribution is -2.16. The fraction of sp³-hybridized carbons (Fsp3) is 0.600. The molecule has 1 aromatic carbocycles. The van der Waals surface area contributed by atoms with Crippen LogP contribution in [0.4, 0.5) is 0 Å². The zero-order valence-corrected chi connectivity index (χ0v) is 11.0. The molecule has 0 aliphatic heterocycles. The Balaban J connectivity index is 2.10. The summed E-state index contributed by atoms with van der Waals surface area (Å²) in [4.78, 5) is 0. The summed E-state index contributed by atoms with van der Waals surface area (Å²) >= 11 is 0. The minimum atomic E-state index is 0.00600. The molecule has 1 saturated carbocycles. The van der Waals surface area contributed by atoms with Gasteiger partial charge in [-0.05, 0) is 37.8 Å². The Morgan fingerprint density at radius 3 is 2.50 bits per heavy atom. The maximum absolute atomic E-state index is 9.35. The molecule has 1 fully saturated rings. The van der Waals surface area contributed by atoms with Crippen molar-refractivity contribution in [1.82, 2.24) is 0 Å². The van der Waals surface area contributed by atoms with Crippen LogP contribution in [0, 0.1) is 0 Å². The molecule has 0 amide bonds. The van der Waals surface area contributed by atoms with Crippen LogP contribution in [0.25, 0.3) is 0 Å². The summed E-state index contributed by atoms with van der Waals surface area (Å²) in [7, 11) is 1.64. The molecule has 0 atom stereocenters. The Kier molecular flexibility index (Phi) is 4.88. The Hall–Kier alpha value is -1.22. The molecular weight excluding hydrogens is 228 g/mol. The molecule has 1 aliphatic carbocycles. The average Bonchev–Trinajstić information content (AvgIpc) is 2.67. The Bertz CT molecular complexity index is 368. The van der Waals surface area contributed by atoms with Gasteiger partial charge in [-0.2, -0.15) is 0 Å². The summed E-state index contributed by atoms with van der Waals surface area (Å²) in [5.74, 6) is 1.54. The number of hydrogen-bond acceptors (Lipinski definition) is 3. The number of methoxy groups -OCH3 is 1. The van der Waals surface area contributed by atoms with Gasteiger partial charge in [-0.15, -0.1) is 0 Å². The Morgan fingerprint density at radius 1 is 1.17 bits per heavy atom. The predicted molar refractivity (Wildman–Crippen MR) is 71.0 cm³/mol. The largest absolute Gasteiger partial charge is 0.497 e. The lowest BCUT2D eigenvalue weighted by molar-refractivity contribution is 0.175. The first kappa shape index (κ1) is 13.2. The first-order chi connectivity index (χ1) is 8.83. The van der Waals surface area contributed by atoms with Crippen molar-refractivity contribution in [3.05, 3.63) is 23.8 Å². The van der Waals surface area contributed by atoms with Gasteiger partial charge in [0.1, 0.15) is 11.5 Å². The highest BCUT2D eigenvalue weighted by molar-refractivity contribution is 5.40. The molecule has 1 aliphatic rings. The van der Waals surface area contributed by atoms with E-state index in [4.69, 9.17) is 9.47 Å². The monoisotopic (exact) mass is 250 g/mol. The van der Waals surface area contributed by atoms with E-state index in [-0.39, 0.29) is 12.7 Å². The SMILES string of the molecule is COc1ccc(CO)c(OC2CCCCCC2)c1. The summed E-state index contributed by atoms with van der Waals surface area (Å²) in [6.07, 6.45) is 7.61. The third-order valence-corrected chi connectivity index (χ3v) is 3.54. The quantitative estimate of drug-likeness (QED) is 0.833. The number of hydrogen-bond donors (Lipinski definition) is 1. The van der Waals surface area contributed by atoms with Crippen LogP contribution in [0.2, 0.25) is 0 Å². The molecule has 3 heteroatoms. The highest BCUT2D eigenvalue weighted by Crippen LogP contribution is 2.29. The fourth-order valence-corrected chi connectivity index (χ4v) is 2.44. The van der Waals surface area contributed by atoms with Crippen molar-refractivity contribution in [1.29, 1.82) is 0 Å². The summed E-state index contributed by atoms with van der Waals surface area (Å²) in [6.45, 7) is 0.00600. The maximum Gasteiger partial charge on any atom is 0.128 e. The van der Waals surface area contributed by atoms with Crippen molar-refractivity contribution >= 4 is 0 Å². The van der Waals surface area contributed by atoms with Crippen molar-refractivity contribution < 1.29 is 14.6 Å². The lowest BCUT2D eigenvalue weighted by atomic mass is 10.1. The van der Waals surface area contributed by atoms with Gasteiger partial charge in [0.15, 0.2) is 0 Å². The Morgan fingerprint density at radius 2 is 1.89 bits per heavy atom. The lowest BCUT2D eigenvalue weighted by Gasteiger charge is -2.19. The topological polar surface area (TPSA) is 38.7 Å². The van der Waals surface area contributed by atoms with E-state index in [1.54, 1.807) is 7.11 Å². The van der Waals surface area contributed by atoms with E-state index in [1.165, 1.54) is 25.7 Å². The second kappa shape index (κ2) is 6.64. The number of ether oxygens (including phenoxy) is 2. The van der Waals surface area contributed by atoms with Crippen molar-refractivity contribution in [3.8, 4) is 11.5 Å². The van der Waals surface area contributed by atoms with Gasteiger partial charge in [0.25, 0.3) is 0 Å². The number of benzene rings is 1. The summed E-state index contributed by atoms with van der Waals surface area (Å²) in [6, 6.07) is 5.59. The molecule has 0 bridgehead atoms. The molecule has 0 heterocycles. The fourth-order valence-electron chi connectivity index (χ4n) is 2.44. The van der Waals surface area contributed by atoms with Gasteiger partial charge in [0, 0.05) is 11.6 Å². The van der Waals surface area contributed by atoms with E-state index in [1.807, 2.05) is 18.2 Å². The van der Waals surface area contributed by atoms with Gasteiger partial charge >= 0.3 is 0 Å². The highest BCUT2D eigenvalue weighted by atomic mass is 16.5. The van der Waals surface area contributed by atoms with Gasteiger partial charge in [-0.1, -0.05) is 12.8 Å². The molecule has 1 aromatic rings. The van der Waals surface area contributed by atoms with E-state index in [0.717, 1.165) is 29.9 Å². The normalized spacial score (nSPS) is 17.2. The second-order valence-corrected chi connectivity index (χ2v) is 4.86. The molecule has 100 valence electrons. The standard InChI is InChI=1S/C15H22O3/c1-17-14-9-8-12(11-16)15(10-14)18-13-6-4-2-3-5-7-13/h8-10,13,16H,2-7,11H2,1H3. The molecular formula is C15H22O3. The zero-order chi connectivity index (χ0) is 12.8. The van der Waals surface area contributed by atoms with Gasteiger partial charge < -0.3 is 14.6 Å². The Labute approximate surface area is 109 Å². The molecule has 2 rings (SSSR count). The van der Waals surface area contributed by atoms with Crippen molar-refractivity contribution in [2.45, 2.75) is 51.2 Å². The predicted octanol–water partition coefficient (Wildman–Crippen LogP) is 3.29. The van der Waals surface area contributed by atoms with E-state index in [9.17, 15) is 5.11 Å². The summed E-state index contributed by atoms with van der Waals surface area (Å²) in [5, 5.41) is 9.35. The van der Waals surface area contributed by atoms with E-state index in [2.05, 4.69) is 0 Å². The van der Waals surface area contributed by atoms with Crippen LogP contribution in [0.5, 0.6) is 11.5 Å². The van der Waals surface area contributed by atoms with E-state index in [0.29, 0.717) is 0 Å². The molecule has 0 saturated heterocycles. The van der Waals surface area contributed by atoms with Crippen LogP contribution >= 0.6 is 0 Å². The first-order valence-corrected chi connectivity index (χ1v) is 6.78. The van der Waals surface area contributed by atoms with Crippen LogP contribution in [0.1, 0.15) is 44.1 Å². The van der Waals surface area contributed by atoms with Crippen molar-refractivity contribution in [2.24, 2.45) is 0 Å². The second-order valence-electron chi connectivity index (χ2n) is 4.86. The zero-order valence-electron chi connectivity index (χ0n) is 11.0. The summed E-state index contributed by atoms with van der Waals surface area (Å²) in [5.41, 5.74) is 0.833. The van der Waals surface area contributed by atoms with Crippen LogP contribution in [0.3, 0.4) is 0 Å². The van der Waals surface area contributed by atoms with Crippen molar-refractivity contribution in [3.63, 3.8) is 0 Å². The molecule has 1 N–H and O–H groups in total. The molecule has 18 heavy (non-hydrogen) atoms. The minimum Gasteiger partial charge on any atom is -0.497 e. The van der Waals surface area contributed by atoms with Crippen LogP contribution < -0.4 is 9.47 Å². The maximum atomic E-state index is 9.35. The third kappa shape index (κ3) is 3.39.